The molecule has 0 bridgehead atoms. The predicted molar refractivity (Wildman–Crippen MR) is 125 cm³/mol. The third-order valence-electron chi connectivity index (χ3n) is 4.99. The molecule has 2 rings (SSSR count). The molecule has 0 spiro atoms. The number of alkyl halides is 3. The lowest BCUT2D eigenvalue weighted by Gasteiger charge is -2.29. The van der Waals surface area contributed by atoms with E-state index in [2.05, 4.69) is 5.32 Å². The fourth-order valence-electron chi connectivity index (χ4n) is 3.10. The summed E-state index contributed by atoms with van der Waals surface area (Å²) >= 11 is 0. The van der Waals surface area contributed by atoms with Gasteiger partial charge in [0.25, 0.3) is 0 Å². The zero-order valence-corrected chi connectivity index (χ0v) is 21.4. The third kappa shape index (κ3) is 11.1. The summed E-state index contributed by atoms with van der Waals surface area (Å²) in [5, 5.41) is 10.3. The number of carboxylic acids is 1. The van der Waals surface area contributed by atoms with Crippen LogP contribution in [-0.2, 0) is 24.3 Å². The monoisotopic (exact) mass is 541 g/mol. The molecule has 0 aromatic heterocycles. The Balaban J connectivity index is 0.000000809. The van der Waals surface area contributed by atoms with Crippen LogP contribution in [0.15, 0.2) is 29.2 Å². The molecule has 0 unspecified atom stereocenters. The number of amides is 1. The minimum atomic E-state index is -5.08. The van der Waals surface area contributed by atoms with Gasteiger partial charge in [-0.3, -0.25) is 4.79 Å². The van der Waals surface area contributed by atoms with Crippen molar-refractivity contribution < 1.29 is 45.8 Å². The molecule has 1 heterocycles. The average molecular weight is 542 g/mol. The van der Waals surface area contributed by atoms with Gasteiger partial charge < -0.3 is 24.8 Å². The number of rotatable bonds is 11. The average Bonchev–Trinajstić information content (AvgIpc) is 2.83. The molecule has 1 aliphatic heterocycles. The highest BCUT2D eigenvalue weighted by Gasteiger charge is 2.38. The van der Waals surface area contributed by atoms with Crippen LogP contribution in [0.5, 0.6) is 5.75 Å². The van der Waals surface area contributed by atoms with Crippen molar-refractivity contribution in [3.63, 3.8) is 0 Å². The number of nitrogens with one attached hydrogen (secondary N) is 1. The van der Waals surface area contributed by atoms with Crippen LogP contribution in [0.1, 0.15) is 26.7 Å². The van der Waals surface area contributed by atoms with E-state index < -0.39 is 22.2 Å². The molecule has 36 heavy (non-hydrogen) atoms. The summed E-state index contributed by atoms with van der Waals surface area (Å²) in [4.78, 5) is 23.4. The van der Waals surface area contributed by atoms with Crippen molar-refractivity contribution in [2.45, 2.75) is 43.9 Å². The van der Waals surface area contributed by atoms with Crippen LogP contribution in [0.2, 0.25) is 0 Å². The smallest absolute Gasteiger partial charge is 0.490 e. The number of carbonyl (C=O) groups excluding carboxylic acids is 1. The maximum Gasteiger partial charge on any atom is 0.490 e. The standard InChI is InChI=1S/C20H33N3O5S.C2HF3O2/c1-17(2)28-16-4-12-23(13-9-20(24)22-14-10-21-11-15-22)29(25,26)19-7-5-18(27-3)6-8-19;3-2(4,5)1(6)7/h5-8,17,21H,4,9-16H2,1-3H3;(H,6,7). The fraction of sp³-hybridized carbons (Fsp3) is 0.636. The first-order valence-electron chi connectivity index (χ1n) is 11.3. The van der Waals surface area contributed by atoms with E-state index >= 15 is 0 Å². The van der Waals surface area contributed by atoms with Crippen LogP contribution in [0.3, 0.4) is 0 Å². The van der Waals surface area contributed by atoms with Gasteiger partial charge in [-0.1, -0.05) is 0 Å². The molecule has 1 aromatic rings. The lowest BCUT2D eigenvalue weighted by molar-refractivity contribution is -0.192. The van der Waals surface area contributed by atoms with Crippen molar-refractivity contribution in [3.8, 4) is 5.75 Å². The Morgan fingerprint density at radius 3 is 2.17 bits per heavy atom. The molecule has 0 aliphatic carbocycles. The van der Waals surface area contributed by atoms with Crippen LogP contribution in [0.25, 0.3) is 0 Å². The molecule has 0 saturated carbocycles. The lowest BCUT2D eigenvalue weighted by Crippen LogP contribution is -2.47. The van der Waals surface area contributed by atoms with Gasteiger partial charge in [0, 0.05) is 52.3 Å². The summed E-state index contributed by atoms with van der Waals surface area (Å²) < 4.78 is 70.1. The molecule has 14 heteroatoms. The molecule has 1 aliphatic rings. The molecule has 0 radical (unpaired) electrons. The minimum Gasteiger partial charge on any atom is -0.497 e. The van der Waals surface area contributed by atoms with Gasteiger partial charge in [0.1, 0.15) is 5.75 Å². The molecule has 0 atom stereocenters. The normalized spacial score (nSPS) is 14.4. The molecule has 206 valence electrons. The van der Waals surface area contributed by atoms with Crippen molar-refractivity contribution in [1.29, 1.82) is 0 Å². The number of hydrogen-bond donors (Lipinski definition) is 2. The van der Waals surface area contributed by atoms with Gasteiger partial charge in [-0.25, -0.2) is 13.2 Å². The fourth-order valence-corrected chi connectivity index (χ4v) is 4.58. The summed E-state index contributed by atoms with van der Waals surface area (Å²) in [6.07, 6.45) is -4.26. The van der Waals surface area contributed by atoms with Gasteiger partial charge in [-0.05, 0) is 44.5 Å². The van der Waals surface area contributed by atoms with Gasteiger partial charge in [-0.2, -0.15) is 17.5 Å². The number of sulfonamides is 1. The zero-order chi connectivity index (χ0) is 27.4. The Hall–Kier alpha value is -2.42. The number of halogens is 3. The Bertz CT molecular complexity index is 920. The van der Waals surface area contributed by atoms with Crippen molar-refractivity contribution in [2.75, 3.05) is 53.0 Å². The first-order chi connectivity index (χ1) is 16.8. The first kappa shape index (κ1) is 31.6. The number of benzene rings is 1. The van der Waals surface area contributed by atoms with Crippen molar-refractivity contribution in [3.05, 3.63) is 24.3 Å². The lowest BCUT2D eigenvalue weighted by atomic mass is 10.3. The number of aliphatic carboxylic acids is 1. The molecule has 2 N–H and O–H groups in total. The maximum atomic E-state index is 13.2. The molecule has 1 fully saturated rings. The molecular weight excluding hydrogens is 507 g/mol. The van der Waals surface area contributed by atoms with E-state index in [4.69, 9.17) is 19.4 Å². The predicted octanol–water partition coefficient (Wildman–Crippen LogP) is 1.96. The van der Waals surface area contributed by atoms with Crippen molar-refractivity contribution >= 4 is 21.9 Å². The van der Waals surface area contributed by atoms with Crippen LogP contribution in [0, 0.1) is 0 Å². The summed E-state index contributed by atoms with van der Waals surface area (Å²) in [6, 6.07) is 6.31. The highest BCUT2D eigenvalue weighted by molar-refractivity contribution is 7.89. The summed E-state index contributed by atoms with van der Waals surface area (Å²) in [7, 11) is -2.18. The van der Waals surface area contributed by atoms with Gasteiger partial charge in [0.15, 0.2) is 0 Å². The number of methoxy groups -OCH3 is 1. The van der Waals surface area contributed by atoms with Crippen LogP contribution in [0.4, 0.5) is 13.2 Å². The second-order valence-corrected chi connectivity index (χ2v) is 9.97. The number of ether oxygens (including phenoxy) is 2. The summed E-state index contributed by atoms with van der Waals surface area (Å²) in [5.74, 6) is -2.18. The Morgan fingerprint density at radius 2 is 1.69 bits per heavy atom. The van der Waals surface area contributed by atoms with Crippen LogP contribution < -0.4 is 10.1 Å². The van der Waals surface area contributed by atoms with E-state index in [-0.39, 0.29) is 29.9 Å². The summed E-state index contributed by atoms with van der Waals surface area (Å²) in [6.45, 7) is 7.67. The number of piperazine rings is 1. The quantitative estimate of drug-likeness (QED) is 0.408. The Labute approximate surface area is 209 Å². The first-order valence-corrected chi connectivity index (χ1v) is 12.8. The number of nitrogens with zero attached hydrogens (tertiary/aromatic N) is 2. The van der Waals surface area contributed by atoms with Crippen LogP contribution >= 0.6 is 0 Å². The van der Waals surface area contributed by atoms with E-state index in [0.29, 0.717) is 38.4 Å². The van der Waals surface area contributed by atoms with E-state index in [1.165, 1.54) is 23.5 Å². The maximum absolute atomic E-state index is 13.2. The van der Waals surface area contributed by atoms with E-state index in [0.717, 1.165) is 13.1 Å². The molecule has 1 amide bonds. The van der Waals surface area contributed by atoms with E-state index in [9.17, 15) is 26.4 Å². The topological polar surface area (TPSA) is 125 Å². The van der Waals surface area contributed by atoms with Gasteiger partial charge in [-0.15, -0.1) is 0 Å². The van der Waals surface area contributed by atoms with Gasteiger partial charge >= 0.3 is 12.1 Å². The highest BCUT2D eigenvalue weighted by atomic mass is 32.2. The number of carboxylic acid groups (broad SMARTS) is 1. The van der Waals surface area contributed by atoms with Gasteiger partial charge in [0.05, 0.1) is 18.1 Å². The molecule has 10 nitrogen and oxygen atoms in total. The van der Waals surface area contributed by atoms with Crippen molar-refractivity contribution in [1.82, 2.24) is 14.5 Å². The van der Waals surface area contributed by atoms with E-state index in [1.54, 1.807) is 17.0 Å². The largest absolute Gasteiger partial charge is 0.497 e. The number of carbonyl (C=O) groups is 2. The molecule has 1 saturated heterocycles. The highest BCUT2D eigenvalue weighted by Crippen LogP contribution is 2.20. The van der Waals surface area contributed by atoms with Crippen molar-refractivity contribution in [2.24, 2.45) is 0 Å². The van der Waals surface area contributed by atoms with Crippen LogP contribution in [-0.4, -0.2) is 99.9 Å². The SMILES string of the molecule is COc1ccc(S(=O)(=O)N(CCCOC(C)C)CCC(=O)N2CCNCC2)cc1.O=C(O)C(F)(F)F. The Morgan fingerprint density at radius 1 is 1.14 bits per heavy atom. The van der Waals surface area contributed by atoms with E-state index in [1.807, 2.05) is 13.8 Å². The number of hydrogen-bond acceptors (Lipinski definition) is 7. The molecule has 1 aromatic carbocycles. The Kier molecular flexibility index (Phi) is 13.1. The molecular formula is C22H34F3N3O7S. The van der Waals surface area contributed by atoms with Gasteiger partial charge in [0.2, 0.25) is 15.9 Å². The zero-order valence-electron chi connectivity index (χ0n) is 20.6. The summed E-state index contributed by atoms with van der Waals surface area (Å²) in [5.41, 5.74) is 0. The third-order valence-corrected chi connectivity index (χ3v) is 6.90. The second-order valence-electron chi connectivity index (χ2n) is 8.04. The minimum absolute atomic E-state index is 0.0140. The second kappa shape index (κ2) is 15.0.